The van der Waals surface area contributed by atoms with Crippen LogP contribution >= 0.6 is 0 Å². The molecule has 120 valence electrons. The molecule has 1 aromatic carbocycles. The SMILES string of the molecule is CCN1CCN(CC(=O)c2cc3c(cc2N)OCCO3)CC1. The van der Waals surface area contributed by atoms with E-state index < -0.39 is 0 Å². The first-order chi connectivity index (χ1) is 10.7. The molecule has 2 aliphatic heterocycles. The highest BCUT2D eigenvalue weighted by Crippen LogP contribution is 2.34. The van der Waals surface area contributed by atoms with Crippen LogP contribution in [0.2, 0.25) is 0 Å². The van der Waals surface area contributed by atoms with Crippen molar-refractivity contribution in [3.8, 4) is 11.5 Å². The molecule has 3 rings (SSSR count). The van der Waals surface area contributed by atoms with Crippen LogP contribution in [0.5, 0.6) is 11.5 Å². The summed E-state index contributed by atoms with van der Waals surface area (Å²) in [7, 11) is 0. The minimum absolute atomic E-state index is 0.0411. The molecule has 0 bridgehead atoms. The Morgan fingerprint density at radius 1 is 1.09 bits per heavy atom. The van der Waals surface area contributed by atoms with Crippen LogP contribution in [-0.4, -0.2) is 68.1 Å². The van der Waals surface area contributed by atoms with E-state index in [9.17, 15) is 4.79 Å². The van der Waals surface area contributed by atoms with E-state index >= 15 is 0 Å². The molecule has 0 amide bonds. The first-order valence-corrected chi connectivity index (χ1v) is 7.84. The van der Waals surface area contributed by atoms with Crippen LogP contribution < -0.4 is 15.2 Å². The van der Waals surface area contributed by atoms with Crippen molar-refractivity contribution in [2.45, 2.75) is 6.92 Å². The van der Waals surface area contributed by atoms with Crippen molar-refractivity contribution in [2.75, 3.05) is 58.2 Å². The number of hydrogen-bond acceptors (Lipinski definition) is 6. The Bertz CT molecular complexity index is 554. The molecule has 6 nitrogen and oxygen atoms in total. The lowest BCUT2D eigenvalue weighted by atomic mass is 10.1. The van der Waals surface area contributed by atoms with Gasteiger partial charge in [0.15, 0.2) is 17.3 Å². The fourth-order valence-electron chi connectivity index (χ4n) is 2.90. The van der Waals surface area contributed by atoms with E-state index in [1.54, 1.807) is 12.1 Å². The van der Waals surface area contributed by atoms with Gasteiger partial charge in [-0.1, -0.05) is 6.92 Å². The number of carbonyl (C=O) groups is 1. The van der Waals surface area contributed by atoms with Crippen molar-refractivity contribution in [3.05, 3.63) is 17.7 Å². The standard InChI is InChI=1S/C16H23N3O3/c1-2-18-3-5-19(6-4-18)11-14(20)12-9-15-16(10-13(12)17)22-8-7-21-15/h9-10H,2-8,11,17H2,1H3. The van der Waals surface area contributed by atoms with Crippen molar-refractivity contribution < 1.29 is 14.3 Å². The van der Waals surface area contributed by atoms with E-state index in [4.69, 9.17) is 15.2 Å². The number of nitrogen functional groups attached to an aromatic ring is 1. The summed E-state index contributed by atoms with van der Waals surface area (Å²) in [6.07, 6.45) is 0. The Hall–Kier alpha value is -1.79. The van der Waals surface area contributed by atoms with Gasteiger partial charge in [-0.05, 0) is 12.6 Å². The number of nitrogens with two attached hydrogens (primary N) is 1. The number of ketones is 1. The molecule has 0 radical (unpaired) electrons. The molecule has 1 saturated heterocycles. The minimum Gasteiger partial charge on any atom is -0.486 e. The summed E-state index contributed by atoms with van der Waals surface area (Å²) in [4.78, 5) is 17.1. The van der Waals surface area contributed by atoms with Gasteiger partial charge in [0.05, 0.1) is 6.54 Å². The van der Waals surface area contributed by atoms with Crippen molar-refractivity contribution in [1.82, 2.24) is 9.80 Å². The summed E-state index contributed by atoms with van der Waals surface area (Å²) in [6, 6.07) is 3.41. The number of hydrogen-bond donors (Lipinski definition) is 1. The average Bonchev–Trinajstić information content (AvgIpc) is 2.54. The molecule has 0 atom stereocenters. The summed E-state index contributed by atoms with van der Waals surface area (Å²) in [5.74, 6) is 1.27. The molecule has 1 fully saturated rings. The van der Waals surface area contributed by atoms with E-state index in [0.717, 1.165) is 32.7 Å². The number of carbonyl (C=O) groups excluding carboxylic acids is 1. The molecule has 0 unspecified atom stereocenters. The molecule has 0 aliphatic carbocycles. The maximum absolute atomic E-state index is 12.5. The Labute approximate surface area is 130 Å². The largest absolute Gasteiger partial charge is 0.486 e. The molecular weight excluding hydrogens is 282 g/mol. The third kappa shape index (κ3) is 3.18. The molecule has 2 N–H and O–H groups in total. The number of rotatable bonds is 4. The van der Waals surface area contributed by atoms with Crippen molar-refractivity contribution in [2.24, 2.45) is 0 Å². The number of nitrogens with zero attached hydrogens (tertiary/aromatic N) is 2. The van der Waals surface area contributed by atoms with Crippen LogP contribution in [0.15, 0.2) is 12.1 Å². The van der Waals surface area contributed by atoms with Gasteiger partial charge in [-0.15, -0.1) is 0 Å². The lowest BCUT2D eigenvalue weighted by Gasteiger charge is -2.33. The van der Waals surface area contributed by atoms with Crippen molar-refractivity contribution >= 4 is 11.5 Å². The smallest absolute Gasteiger partial charge is 0.179 e. The first kappa shape index (κ1) is 15.1. The topological polar surface area (TPSA) is 68.0 Å². The molecule has 1 aromatic rings. The zero-order valence-electron chi connectivity index (χ0n) is 13.0. The van der Waals surface area contributed by atoms with Gasteiger partial charge in [0.1, 0.15) is 13.2 Å². The fourth-order valence-corrected chi connectivity index (χ4v) is 2.90. The number of Topliss-reactive ketones (excluding diaryl/α,β-unsaturated/α-hetero) is 1. The zero-order valence-corrected chi connectivity index (χ0v) is 13.0. The maximum Gasteiger partial charge on any atom is 0.179 e. The van der Waals surface area contributed by atoms with Gasteiger partial charge >= 0.3 is 0 Å². The number of likely N-dealkylation sites (N-methyl/N-ethyl adjacent to an activating group) is 1. The maximum atomic E-state index is 12.5. The molecule has 0 aromatic heterocycles. The number of piperazine rings is 1. The second-order valence-corrected chi connectivity index (χ2v) is 5.72. The van der Waals surface area contributed by atoms with Crippen molar-refractivity contribution in [3.63, 3.8) is 0 Å². The van der Waals surface area contributed by atoms with Crippen LogP contribution in [0.3, 0.4) is 0 Å². The third-order valence-corrected chi connectivity index (χ3v) is 4.29. The van der Waals surface area contributed by atoms with E-state index in [1.165, 1.54) is 0 Å². The highest BCUT2D eigenvalue weighted by atomic mass is 16.6. The predicted octanol–water partition coefficient (Wildman–Crippen LogP) is 0.860. The highest BCUT2D eigenvalue weighted by molar-refractivity contribution is 6.02. The summed E-state index contributed by atoms with van der Waals surface area (Å²) >= 11 is 0. The lowest BCUT2D eigenvalue weighted by Crippen LogP contribution is -2.47. The summed E-state index contributed by atoms with van der Waals surface area (Å²) in [5.41, 5.74) is 7.00. The zero-order chi connectivity index (χ0) is 15.5. The van der Waals surface area contributed by atoms with E-state index in [2.05, 4.69) is 16.7 Å². The van der Waals surface area contributed by atoms with Gasteiger partial charge in [-0.2, -0.15) is 0 Å². The van der Waals surface area contributed by atoms with Crippen LogP contribution in [0.1, 0.15) is 17.3 Å². The second kappa shape index (κ2) is 6.54. The second-order valence-electron chi connectivity index (χ2n) is 5.72. The molecule has 0 spiro atoms. The van der Waals surface area contributed by atoms with Crippen LogP contribution in [0.25, 0.3) is 0 Å². The van der Waals surface area contributed by atoms with Crippen LogP contribution in [0.4, 0.5) is 5.69 Å². The summed E-state index contributed by atoms with van der Waals surface area (Å²) < 4.78 is 11.0. The fraction of sp³-hybridized carbons (Fsp3) is 0.562. The number of benzene rings is 1. The van der Waals surface area contributed by atoms with Gasteiger partial charge in [0.25, 0.3) is 0 Å². The monoisotopic (exact) mass is 305 g/mol. The Kier molecular flexibility index (Phi) is 4.49. The quantitative estimate of drug-likeness (QED) is 0.657. The van der Waals surface area contributed by atoms with Crippen LogP contribution in [-0.2, 0) is 0 Å². The average molecular weight is 305 g/mol. The molecule has 2 heterocycles. The third-order valence-electron chi connectivity index (χ3n) is 4.29. The molecule has 22 heavy (non-hydrogen) atoms. The van der Waals surface area contributed by atoms with E-state index in [-0.39, 0.29) is 5.78 Å². The number of ether oxygens (including phenoxy) is 2. The van der Waals surface area contributed by atoms with Gasteiger partial charge < -0.3 is 20.1 Å². The lowest BCUT2D eigenvalue weighted by molar-refractivity contribution is 0.0859. The Balaban J connectivity index is 1.67. The normalized spacial score (nSPS) is 19.1. The van der Waals surface area contributed by atoms with E-state index in [1.807, 2.05) is 0 Å². The van der Waals surface area contributed by atoms with Crippen molar-refractivity contribution in [1.29, 1.82) is 0 Å². The predicted molar refractivity (Wildman–Crippen MR) is 84.7 cm³/mol. The first-order valence-electron chi connectivity index (χ1n) is 7.84. The van der Waals surface area contributed by atoms with E-state index in [0.29, 0.717) is 42.5 Å². The number of fused-ring (bicyclic) bond motifs is 1. The number of anilines is 1. The summed E-state index contributed by atoms with van der Waals surface area (Å²) in [5, 5.41) is 0. The molecule has 2 aliphatic rings. The van der Waals surface area contributed by atoms with Gasteiger partial charge in [-0.25, -0.2) is 0 Å². The van der Waals surface area contributed by atoms with Gasteiger partial charge in [-0.3, -0.25) is 9.69 Å². The highest BCUT2D eigenvalue weighted by Gasteiger charge is 2.22. The Morgan fingerprint density at radius 3 is 2.32 bits per heavy atom. The van der Waals surface area contributed by atoms with Gasteiger partial charge in [0.2, 0.25) is 0 Å². The molecular formula is C16H23N3O3. The molecule has 6 heteroatoms. The Morgan fingerprint density at radius 2 is 1.68 bits per heavy atom. The molecule has 0 saturated carbocycles. The summed E-state index contributed by atoms with van der Waals surface area (Å²) in [6.45, 7) is 8.52. The van der Waals surface area contributed by atoms with Crippen LogP contribution in [0, 0.1) is 0 Å². The van der Waals surface area contributed by atoms with Gasteiger partial charge in [0, 0.05) is 43.5 Å². The minimum atomic E-state index is 0.0411.